The van der Waals surface area contributed by atoms with E-state index in [4.69, 9.17) is 9.72 Å². The number of aliphatic hydroxyl groups is 1. The first kappa shape index (κ1) is 21.0. The van der Waals surface area contributed by atoms with Crippen LogP contribution in [0.4, 0.5) is 5.82 Å². The Morgan fingerprint density at radius 1 is 1.12 bits per heavy atom. The Morgan fingerprint density at radius 2 is 1.91 bits per heavy atom. The van der Waals surface area contributed by atoms with E-state index in [9.17, 15) is 9.90 Å². The minimum atomic E-state index is -0.224. The maximum absolute atomic E-state index is 13.4. The summed E-state index contributed by atoms with van der Waals surface area (Å²) in [4.78, 5) is 20.4. The first-order chi connectivity index (χ1) is 16.0. The molecular weight excluding hydrogens is 414 g/mol. The Bertz CT molecular complexity index is 1020. The van der Waals surface area contributed by atoms with Crippen molar-refractivity contribution in [1.29, 1.82) is 0 Å². The number of methoxy groups -OCH3 is 1. The zero-order chi connectivity index (χ0) is 22.6. The number of carbonyl (C=O) groups excluding carboxylic acids is 1. The van der Waals surface area contributed by atoms with Gasteiger partial charge in [0, 0.05) is 30.9 Å². The molecular formula is C27H33N3O3. The zero-order valence-electron chi connectivity index (χ0n) is 19.2. The van der Waals surface area contributed by atoms with E-state index in [0.717, 1.165) is 74.3 Å². The number of hydrogen-bond acceptors (Lipinski definition) is 5. The maximum atomic E-state index is 13.4. The van der Waals surface area contributed by atoms with Crippen LogP contribution in [0.5, 0.6) is 5.75 Å². The number of ether oxygens (including phenoxy) is 1. The van der Waals surface area contributed by atoms with E-state index in [1.165, 1.54) is 0 Å². The van der Waals surface area contributed by atoms with Crippen LogP contribution in [0.2, 0.25) is 0 Å². The molecule has 6 nitrogen and oxygen atoms in total. The number of aromatic nitrogens is 1. The van der Waals surface area contributed by atoms with Crippen LogP contribution in [0.1, 0.15) is 38.5 Å². The monoisotopic (exact) mass is 447 g/mol. The van der Waals surface area contributed by atoms with Crippen LogP contribution >= 0.6 is 0 Å². The highest BCUT2D eigenvalue weighted by atomic mass is 16.5. The second-order valence-corrected chi connectivity index (χ2v) is 10.7. The molecule has 1 aromatic carbocycles. The third kappa shape index (κ3) is 3.59. The molecule has 0 spiro atoms. The van der Waals surface area contributed by atoms with Crippen LogP contribution in [0.25, 0.3) is 11.1 Å². The van der Waals surface area contributed by atoms with Crippen molar-refractivity contribution in [3.63, 3.8) is 0 Å². The molecule has 33 heavy (non-hydrogen) atoms. The van der Waals surface area contributed by atoms with Gasteiger partial charge in [-0.1, -0.05) is 12.1 Å². The summed E-state index contributed by atoms with van der Waals surface area (Å²) in [6, 6.07) is 12.4. The van der Waals surface area contributed by atoms with E-state index in [0.29, 0.717) is 17.8 Å². The van der Waals surface area contributed by atoms with E-state index < -0.39 is 0 Å². The van der Waals surface area contributed by atoms with Gasteiger partial charge in [-0.2, -0.15) is 0 Å². The molecule has 2 N–H and O–H groups in total. The van der Waals surface area contributed by atoms with Crippen molar-refractivity contribution >= 4 is 11.7 Å². The van der Waals surface area contributed by atoms with Gasteiger partial charge in [0.05, 0.1) is 18.6 Å². The summed E-state index contributed by atoms with van der Waals surface area (Å²) in [5, 5.41) is 13.9. The van der Waals surface area contributed by atoms with Gasteiger partial charge in [0.1, 0.15) is 11.6 Å². The number of carbonyl (C=O) groups is 1. The Hall–Kier alpha value is -2.60. The molecule has 7 rings (SSSR count). The Labute approximate surface area is 195 Å². The predicted molar refractivity (Wildman–Crippen MR) is 127 cm³/mol. The smallest absolute Gasteiger partial charge is 0.226 e. The first-order valence-corrected chi connectivity index (χ1v) is 12.4. The largest absolute Gasteiger partial charge is 0.497 e. The number of nitrogens with zero attached hydrogens (tertiary/aromatic N) is 2. The number of amides is 1. The minimum absolute atomic E-state index is 0.158. The predicted octanol–water partition coefficient (Wildman–Crippen LogP) is 3.64. The van der Waals surface area contributed by atoms with Crippen molar-refractivity contribution < 1.29 is 14.6 Å². The lowest BCUT2D eigenvalue weighted by atomic mass is 9.68. The van der Waals surface area contributed by atoms with Crippen molar-refractivity contribution in [2.45, 2.75) is 50.7 Å². The van der Waals surface area contributed by atoms with Crippen LogP contribution < -0.4 is 15.0 Å². The van der Waals surface area contributed by atoms with Crippen LogP contribution in [0.15, 0.2) is 42.6 Å². The lowest BCUT2D eigenvalue weighted by Gasteiger charge is -2.41. The summed E-state index contributed by atoms with van der Waals surface area (Å²) in [6.07, 6.45) is 7.67. The molecule has 6 heteroatoms. The van der Waals surface area contributed by atoms with Crippen LogP contribution in [-0.4, -0.2) is 48.3 Å². The minimum Gasteiger partial charge on any atom is -0.497 e. The standard InChI is InChI=1S/C27H33N3O3/c1-33-22-7-4-17(5-8-22)18-6-9-24(28-15-18)30-10-2-3-21(16-30)29-26(32)27-12-19-11-20(13-27)25(31)23(19)14-27/h4-9,15,19-21,23,25,31H,2-3,10-14,16H2,1H3,(H,29,32)/t19?,20?,21-,23?,25?,27?/m0/s1. The fourth-order valence-corrected chi connectivity index (χ4v) is 7.21. The second-order valence-electron chi connectivity index (χ2n) is 10.7. The zero-order valence-corrected chi connectivity index (χ0v) is 19.2. The van der Waals surface area contributed by atoms with Crippen molar-refractivity contribution in [3.8, 4) is 16.9 Å². The van der Waals surface area contributed by atoms with Crippen LogP contribution in [0, 0.1) is 23.2 Å². The quantitative estimate of drug-likeness (QED) is 0.732. The van der Waals surface area contributed by atoms with Gasteiger partial charge in [-0.05, 0) is 86.1 Å². The number of pyridine rings is 1. The van der Waals surface area contributed by atoms with E-state index >= 15 is 0 Å². The number of aliphatic hydroxyl groups excluding tert-OH is 1. The average molecular weight is 448 g/mol. The van der Waals surface area contributed by atoms with Gasteiger partial charge < -0.3 is 20.1 Å². The highest BCUT2D eigenvalue weighted by Gasteiger charge is 2.63. The van der Waals surface area contributed by atoms with Crippen molar-refractivity contribution in [3.05, 3.63) is 42.6 Å². The van der Waals surface area contributed by atoms with Crippen molar-refractivity contribution in [2.75, 3.05) is 25.1 Å². The topological polar surface area (TPSA) is 74.7 Å². The number of rotatable bonds is 5. The molecule has 6 atom stereocenters. The molecule has 4 saturated carbocycles. The molecule has 1 amide bonds. The SMILES string of the molecule is COc1ccc(-c2ccc(N3CCC[C@H](NC(=O)C45CC6CC(C4)C(C5)C6O)C3)nc2)cc1. The van der Waals surface area contributed by atoms with Crippen molar-refractivity contribution in [1.82, 2.24) is 10.3 Å². The summed E-state index contributed by atoms with van der Waals surface area (Å²) in [5.74, 6) is 3.29. The molecule has 0 radical (unpaired) electrons. The Morgan fingerprint density at radius 3 is 2.61 bits per heavy atom. The molecule has 2 heterocycles. The van der Waals surface area contributed by atoms with Gasteiger partial charge >= 0.3 is 0 Å². The maximum Gasteiger partial charge on any atom is 0.226 e. The van der Waals surface area contributed by atoms with Crippen molar-refractivity contribution in [2.24, 2.45) is 23.2 Å². The number of anilines is 1. The van der Waals surface area contributed by atoms with E-state index in [1.807, 2.05) is 30.5 Å². The van der Waals surface area contributed by atoms with Gasteiger partial charge in [0.2, 0.25) is 5.91 Å². The van der Waals surface area contributed by atoms with Gasteiger partial charge in [-0.3, -0.25) is 4.79 Å². The number of benzene rings is 1. The fourth-order valence-electron chi connectivity index (χ4n) is 7.21. The van der Waals surface area contributed by atoms with Crippen LogP contribution in [-0.2, 0) is 4.79 Å². The van der Waals surface area contributed by atoms with E-state index in [1.54, 1.807) is 7.11 Å². The Kier molecular flexibility index (Phi) is 5.09. The Balaban J connectivity index is 1.10. The van der Waals surface area contributed by atoms with Gasteiger partial charge in [0.15, 0.2) is 0 Å². The molecule has 174 valence electrons. The molecule has 5 aliphatic rings. The van der Waals surface area contributed by atoms with Gasteiger partial charge in [-0.15, -0.1) is 0 Å². The summed E-state index contributed by atoms with van der Waals surface area (Å²) in [6.45, 7) is 1.76. The molecule has 1 aromatic heterocycles. The molecule has 5 unspecified atom stereocenters. The normalized spacial score (nSPS) is 34.5. The molecule has 1 aliphatic heterocycles. The number of nitrogens with one attached hydrogen (secondary N) is 1. The lowest BCUT2D eigenvalue weighted by Crippen LogP contribution is -2.53. The summed E-state index contributed by atoms with van der Waals surface area (Å²) in [5.41, 5.74) is 1.97. The highest BCUT2D eigenvalue weighted by Crippen LogP contribution is 2.64. The summed E-state index contributed by atoms with van der Waals surface area (Å²) < 4.78 is 5.24. The first-order valence-electron chi connectivity index (χ1n) is 12.4. The third-order valence-electron chi connectivity index (χ3n) is 8.80. The molecule has 2 aromatic rings. The average Bonchev–Trinajstić information content (AvgIpc) is 3.25. The van der Waals surface area contributed by atoms with Crippen LogP contribution in [0.3, 0.4) is 0 Å². The highest BCUT2D eigenvalue weighted by molar-refractivity contribution is 5.84. The number of hydrogen-bond donors (Lipinski definition) is 2. The molecule has 1 saturated heterocycles. The van der Waals surface area contributed by atoms with Gasteiger partial charge in [-0.25, -0.2) is 4.98 Å². The van der Waals surface area contributed by atoms with E-state index in [2.05, 4.69) is 22.3 Å². The third-order valence-corrected chi connectivity index (χ3v) is 8.80. The van der Waals surface area contributed by atoms with Gasteiger partial charge in [0.25, 0.3) is 0 Å². The second kappa shape index (κ2) is 8.01. The lowest BCUT2D eigenvalue weighted by molar-refractivity contribution is -0.136. The molecule has 4 bridgehead atoms. The molecule has 4 aliphatic carbocycles. The summed E-state index contributed by atoms with van der Waals surface area (Å²) >= 11 is 0. The summed E-state index contributed by atoms with van der Waals surface area (Å²) in [7, 11) is 1.67. The van der Waals surface area contributed by atoms with E-state index in [-0.39, 0.29) is 23.5 Å². The fraction of sp³-hybridized carbons (Fsp3) is 0.556. The number of piperidine rings is 1. The molecule has 5 fully saturated rings.